The second-order valence-electron chi connectivity index (χ2n) is 16.0. The Kier molecular flexibility index (Phi) is 11.1. The third-order valence-corrected chi connectivity index (χ3v) is 12.7. The molecule has 16 heteroatoms. The highest BCUT2D eigenvalue weighted by Crippen LogP contribution is 2.57. The maximum atomic E-state index is 14.6. The number of sulfonamides is 1. The first-order valence-corrected chi connectivity index (χ1v) is 20.0. The van der Waals surface area contributed by atoms with Crippen LogP contribution in [0.15, 0.2) is 43.1 Å². The van der Waals surface area contributed by atoms with Gasteiger partial charge in [-0.1, -0.05) is 39.0 Å². The number of amides is 2. The van der Waals surface area contributed by atoms with E-state index < -0.39 is 85.8 Å². The van der Waals surface area contributed by atoms with Crippen LogP contribution in [0.2, 0.25) is 0 Å². The van der Waals surface area contributed by atoms with E-state index in [1.165, 1.54) is 29.3 Å². The molecule has 2 saturated carbocycles. The Morgan fingerprint density at radius 3 is 2.55 bits per heavy atom. The first-order chi connectivity index (χ1) is 25.8. The molecule has 4 aliphatic rings. The van der Waals surface area contributed by atoms with Crippen LogP contribution in [0.1, 0.15) is 84.1 Å². The predicted octanol–water partition coefficient (Wildman–Crippen LogP) is 6.03. The molecule has 1 aromatic heterocycles. The number of benzene rings is 1. The number of fused-ring (bicyclic) bond motifs is 3. The summed E-state index contributed by atoms with van der Waals surface area (Å²) in [6.07, 6.45) is 2.31. The highest BCUT2D eigenvalue weighted by molar-refractivity contribution is 7.90. The Morgan fingerprint density at radius 1 is 1.15 bits per heavy atom. The summed E-state index contributed by atoms with van der Waals surface area (Å²) in [5, 5.41) is -0.383. The zero-order valence-corrected chi connectivity index (χ0v) is 31.8. The number of nitrogens with one attached hydrogen (secondary N) is 1. The number of hydrogen-bond acceptors (Lipinski definition) is 10. The summed E-state index contributed by atoms with van der Waals surface area (Å²) in [6, 6.07) is 3.09. The molecular formula is C39H46F3N3O9S. The van der Waals surface area contributed by atoms with Crippen LogP contribution in [-0.4, -0.2) is 78.8 Å². The summed E-state index contributed by atoms with van der Waals surface area (Å²) in [6.45, 7) is 9.10. The van der Waals surface area contributed by atoms with Gasteiger partial charge in [-0.15, -0.1) is 19.8 Å². The third-order valence-electron chi connectivity index (χ3n) is 10.9. The number of aromatic nitrogens is 1. The fourth-order valence-electron chi connectivity index (χ4n) is 7.50. The van der Waals surface area contributed by atoms with Gasteiger partial charge in [0, 0.05) is 29.8 Å². The Bertz CT molecular complexity index is 2010. The molecule has 2 aliphatic carbocycles. The molecule has 3 fully saturated rings. The SMILES string of the molecule is C=C[C@H]1C[C@]1(CC(=O)[C@@H]1C[C@@H]2CN1C(=O)[C@H](C(C)(C)C)CC(=O)OCCCC/C=C/c1cc(OC(F)(F)F)c3ccnc(c3c1)O2)C(=O)NS(=O)(=O)C1CC1. The van der Waals surface area contributed by atoms with Crippen molar-refractivity contribution in [2.45, 2.75) is 102 Å². The molecule has 6 rings (SSSR count). The lowest BCUT2D eigenvalue weighted by molar-refractivity contribution is -0.274. The van der Waals surface area contributed by atoms with Crippen LogP contribution in [0.5, 0.6) is 11.6 Å². The molecule has 298 valence electrons. The van der Waals surface area contributed by atoms with Crippen molar-refractivity contribution in [1.82, 2.24) is 14.6 Å². The molecule has 1 saturated heterocycles. The Balaban J connectivity index is 1.37. The monoisotopic (exact) mass is 789 g/mol. The molecule has 55 heavy (non-hydrogen) atoms. The van der Waals surface area contributed by atoms with Crippen LogP contribution < -0.4 is 14.2 Å². The predicted molar refractivity (Wildman–Crippen MR) is 195 cm³/mol. The van der Waals surface area contributed by atoms with Gasteiger partial charge in [-0.05, 0) is 73.6 Å². The second-order valence-corrected chi connectivity index (χ2v) is 18.0. The van der Waals surface area contributed by atoms with Gasteiger partial charge in [-0.25, -0.2) is 13.4 Å². The van der Waals surface area contributed by atoms with E-state index in [4.69, 9.17) is 9.47 Å². The lowest BCUT2D eigenvalue weighted by atomic mass is 9.77. The number of allylic oxidation sites excluding steroid dienone is 2. The molecule has 0 spiro atoms. The summed E-state index contributed by atoms with van der Waals surface area (Å²) in [5.74, 6) is -4.34. The minimum absolute atomic E-state index is 0.0471. The first kappa shape index (κ1) is 40.2. The standard InChI is InChI=1S/C39H46F3N3O9S/c1-5-24-20-38(24,36(49)44-55(50,51)26-11-12-26)21-31(46)30-18-25-22-45(30)35(48)29(37(2,3)4)19-33(47)52-15-9-7-6-8-10-23-16-28-27(13-14-43-34(28)53-25)32(17-23)54-39(40,41)42/h5,8,10,13-14,16-17,24-26,29-30H,1,6-7,9,11-12,15,18-22H2,2-4H3,(H,44,49)/b10-8+/t24-,25+,29+,30-,38+/m0/s1. The van der Waals surface area contributed by atoms with Gasteiger partial charge in [-0.3, -0.25) is 23.9 Å². The molecule has 4 bridgehead atoms. The van der Waals surface area contributed by atoms with Crippen LogP contribution in [0.4, 0.5) is 13.2 Å². The number of pyridine rings is 1. The fraction of sp³-hybridized carbons (Fsp3) is 0.564. The largest absolute Gasteiger partial charge is 0.573 e. The maximum Gasteiger partial charge on any atom is 0.573 e. The molecule has 1 N–H and O–H groups in total. The molecule has 2 amide bonds. The highest BCUT2D eigenvalue weighted by Gasteiger charge is 2.61. The van der Waals surface area contributed by atoms with Gasteiger partial charge in [-0.2, -0.15) is 0 Å². The lowest BCUT2D eigenvalue weighted by Gasteiger charge is -2.34. The summed E-state index contributed by atoms with van der Waals surface area (Å²) in [4.78, 5) is 61.2. The third kappa shape index (κ3) is 9.16. The van der Waals surface area contributed by atoms with E-state index in [0.29, 0.717) is 37.7 Å². The minimum Gasteiger partial charge on any atom is -0.472 e. The van der Waals surface area contributed by atoms with Crippen LogP contribution >= 0.6 is 0 Å². The molecule has 1 aromatic carbocycles. The average molecular weight is 790 g/mol. The second kappa shape index (κ2) is 15.2. The molecule has 12 nitrogen and oxygen atoms in total. The molecule has 2 aliphatic heterocycles. The van der Waals surface area contributed by atoms with Crippen molar-refractivity contribution >= 4 is 50.4 Å². The van der Waals surface area contributed by atoms with Gasteiger partial charge in [0.25, 0.3) is 0 Å². The smallest absolute Gasteiger partial charge is 0.472 e. The molecule has 5 atom stereocenters. The number of ketones is 1. The number of carbonyl (C=O) groups is 4. The zero-order valence-electron chi connectivity index (χ0n) is 31.0. The van der Waals surface area contributed by atoms with Gasteiger partial charge in [0.05, 0.1) is 42.2 Å². The van der Waals surface area contributed by atoms with Gasteiger partial charge < -0.3 is 19.1 Å². The number of carbonyl (C=O) groups excluding carboxylic acids is 4. The molecule has 0 radical (unpaired) electrons. The summed E-state index contributed by atoms with van der Waals surface area (Å²) >= 11 is 0. The maximum absolute atomic E-state index is 14.6. The van der Waals surface area contributed by atoms with Crippen molar-refractivity contribution < 1.29 is 55.0 Å². The Labute approximate surface area is 317 Å². The van der Waals surface area contributed by atoms with Crippen molar-refractivity contribution in [3.8, 4) is 11.6 Å². The number of alkyl halides is 3. The Hall–Kier alpha value is -4.47. The number of hydrogen-bond donors (Lipinski definition) is 1. The van der Waals surface area contributed by atoms with Crippen LogP contribution in [0.25, 0.3) is 16.8 Å². The normalized spacial score (nSPS) is 27.3. The van der Waals surface area contributed by atoms with Crippen molar-refractivity contribution in [3.05, 3.63) is 48.7 Å². The van der Waals surface area contributed by atoms with E-state index in [2.05, 4.69) is 21.0 Å². The number of rotatable bonds is 8. The van der Waals surface area contributed by atoms with Crippen LogP contribution in [0, 0.1) is 22.7 Å². The van der Waals surface area contributed by atoms with Gasteiger partial charge in [0.15, 0.2) is 5.78 Å². The lowest BCUT2D eigenvalue weighted by Crippen LogP contribution is -2.48. The van der Waals surface area contributed by atoms with E-state index in [1.54, 1.807) is 39.0 Å². The van der Waals surface area contributed by atoms with E-state index >= 15 is 0 Å². The topological polar surface area (TPSA) is 158 Å². The number of esters is 1. The average Bonchev–Trinajstić information content (AvgIpc) is 4.02. The van der Waals surface area contributed by atoms with E-state index in [1.807, 2.05) is 0 Å². The zero-order chi connectivity index (χ0) is 39.9. The summed E-state index contributed by atoms with van der Waals surface area (Å²) in [5.41, 5.74) is -1.77. The van der Waals surface area contributed by atoms with Gasteiger partial charge in [0.2, 0.25) is 27.7 Å². The summed E-state index contributed by atoms with van der Waals surface area (Å²) < 4.78 is 84.5. The van der Waals surface area contributed by atoms with E-state index in [9.17, 15) is 40.8 Å². The number of halogens is 3. The first-order valence-electron chi connectivity index (χ1n) is 18.5. The molecule has 0 unspecified atom stereocenters. The number of cyclic esters (lactones) is 1. The van der Waals surface area contributed by atoms with E-state index in [-0.39, 0.29) is 55.5 Å². The van der Waals surface area contributed by atoms with Gasteiger partial charge >= 0.3 is 12.3 Å². The molecule has 3 heterocycles. The minimum atomic E-state index is -4.99. The van der Waals surface area contributed by atoms with Gasteiger partial charge in [0.1, 0.15) is 11.9 Å². The van der Waals surface area contributed by atoms with E-state index in [0.717, 1.165) is 0 Å². The van der Waals surface area contributed by atoms with Crippen LogP contribution in [0.3, 0.4) is 0 Å². The van der Waals surface area contributed by atoms with Crippen molar-refractivity contribution in [1.29, 1.82) is 0 Å². The van der Waals surface area contributed by atoms with Crippen molar-refractivity contribution in [2.24, 2.45) is 22.7 Å². The number of ether oxygens (including phenoxy) is 3. The Morgan fingerprint density at radius 2 is 1.89 bits per heavy atom. The molecular weight excluding hydrogens is 744 g/mol. The summed E-state index contributed by atoms with van der Waals surface area (Å²) in [7, 11) is -3.92. The quantitative estimate of drug-likeness (QED) is 0.247. The fourth-order valence-corrected chi connectivity index (χ4v) is 8.89. The van der Waals surface area contributed by atoms with Crippen molar-refractivity contribution in [2.75, 3.05) is 13.2 Å². The van der Waals surface area contributed by atoms with Crippen LogP contribution in [-0.2, 0) is 33.9 Å². The highest BCUT2D eigenvalue weighted by atomic mass is 32.2. The number of nitrogens with zero attached hydrogens (tertiary/aromatic N) is 2. The van der Waals surface area contributed by atoms with Crippen molar-refractivity contribution in [3.63, 3.8) is 0 Å². The number of Topliss-reactive ketones (excluding diaryl/α,β-unsaturated/α-hetero) is 1. The molecule has 2 aromatic rings.